The summed E-state index contributed by atoms with van der Waals surface area (Å²) in [7, 11) is 0. The van der Waals surface area contributed by atoms with Crippen molar-refractivity contribution in [2.45, 2.75) is 58.8 Å². The van der Waals surface area contributed by atoms with Crippen molar-refractivity contribution < 1.29 is 0 Å². The third-order valence-corrected chi connectivity index (χ3v) is 11.5. The molecule has 6 aromatic carbocycles. The van der Waals surface area contributed by atoms with E-state index in [1.165, 1.54) is 78.3 Å². The fourth-order valence-corrected chi connectivity index (χ4v) is 8.80. The molecule has 0 heterocycles. The van der Waals surface area contributed by atoms with Crippen molar-refractivity contribution in [3.63, 3.8) is 0 Å². The largest absolute Gasteiger partial charge is 0.310 e. The van der Waals surface area contributed by atoms with E-state index in [0.717, 1.165) is 25.7 Å². The highest BCUT2D eigenvalue weighted by Gasteiger charge is 2.42. The van der Waals surface area contributed by atoms with Crippen LogP contribution in [0.25, 0.3) is 33.9 Å². The fraction of sp³-hybridized carbons (Fsp3) is 0.176. The van der Waals surface area contributed by atoms with E-state index in [4.69, 9.17) is 0 Å². The monoisotopic (exact) mass is 673 g/mol. The highest BCUT2D eigenvalue weighted by molar-refractivity contribution is 5.89. The van der Waals surface area contributed by atoms with E-state index in [9.17, 15) is 0 Å². The minimum absolute atomic E-state index is 0.00299. The molecule has 0 unspecified atom stereocenters. The Morgan fingerprint density at radius 2 is 1.12 bits per heavy atom. The zero-order valence-corrected chi connectivity index (χ0v) is 30.9. The van der Waals surface area contributed by atoms with Gasteiger partial charge in [0.05, 0.1) is 0 Å². The van der Waals surface area contributed by atoms with Crippen LogP contribution in [0.2, 0.25) is 0 Å². The molecule has 8 rings (SSSR count). The Bertz CT molecular complexity index is 2260. The summed E-state index contributed by atoms with van der Waals surface area (Å²) in [6.45, 7) is 9.20. The Hall–Kier alpha value is -5.66. The second-order valence-corrected chi connectivity index (χ2v) is 14.4. The van der Waals surface area contributed by atoms with Gasteiger partial charge in [0.1, 0.15) is 0 Å². The SMILES string of the molecule is CCC1(CC)C2=C(CCC(/C=C/c3ccc(-c4c(C)ccc(C)c4-c4ccccc4)cc3)=C2)c2ccc(N(c3ccccc3)c3ccccc3)cc21. The minimum atomic E-state index is 0.00299. The van der Waals surface area contributed by atoms with Crippen LogP contribution in [0.15, 0.2) is 169 Å². The van der Waals surface area contributed by atoms with Gasteiger partial charge in [0.2, 0.25) is 0 Å². The summed E-state index contributed by atoms with van der Waals surface area (Å²) in [6, 6.07) is 53.2. The van der Waals surface area contributed by atoms with Crippen molar-refractivity contribution in [3.05, 3.63) is 197 Å². The number of rotatable bonds is 9. The minimum Gasteiger partial charge on any atom is -0.310 e. The van der Waals surface area contributed by atoms with Crippen molar-refractivity contribution in [3.8, 4) is 22.3 Å². The van der Waals surface area contributed by atoms with E-state index in [-0.39, 0.29) is 5.41 Å². The zero-order chi connectivity index (χ0) is 35.7. The van der Waals surface area contributed by atoms with Crippen LogP contribution in [-0.2, 0) is 5.41 Å². The lowest BCUT2D eigenvalue weighted by atomic mass is 9.71. The fourth-order valence-electron chi connectivity index (χ4n) is 8.80. The van der Waals surface area contributed by atoms with Crippen LogP contribution >= 0.6 is 0 Å². The number of para-hydroxylation sites is 2. The third-order valence-electron chi connectivity index (χ3n) is 11.5. The van der Waals surface area contributed by atoms with Crippen molar-refractivity contribution >= 4 is 28.7 Å². The van der Waals surface area contributed by atoms with Crippen molar-refractivity contribution in [1.29, 1.82) is 0 Å². The van der Waals surface area contributed by atoms with Crippen LogP contribution in [0, 0.1) is 13.8 Å². The van der Waals surface area contributed by atoms with Gasteiger partial charge in [-0.1, -0.05) is 141 Å². The highest BCUT2D eigenvalue weighted by Crippen LogP contribution is 2.56. The summed E-state index contributed by atoms with van der Waals surface area (Å²) in [5.41, 5.74) is 20.0. The number of hydrogen-bond donors (Lipinski definition) is 0. The molecule has 2 aliphatic rings. The molecule has 1 nitrogen and oxygen atoms in total. The maximum Gasteiger partial charge on any atom is 0.0465 e. The molecule has 1 heteroatoms. The molecule has 0 bridgehead atoms. The number of hydrogen-bond acceptors (Lipinski definition) is 1. The first-order chi connectivity index (χ1) is 25.5. The molecule has 0 amide bonds. The van der Waals surface area contributed by atoms with E-state index < -0.39 is 0 Å². The highest BCUT2D eigenvalue weighted by atomic mass is 15.1. The van der Waals surface area contributed by atoms with Gasteiger partial charge < -0.3 is 4.90 Å². The summed E-state index contributed by atoms with van der Waals surface area (Å²) in [5, 5.41) is 0. The molecule has 6 aromatic rings. The number of nitrogens with zero attached hydrogens (tertiary/aromatic N) is 1. The molecular formula is C51H47N. The van der Waals surface area contributed by atoms with Crippen LogP contribution in [0.5, 0.6) is 0 Å². The van der Waals surface area contributed by atoms with Gasteiger partial charge in [0.15, 0.2) is 0 Å². The average Bonchev–Trinajstić information content (AvgIpc) is 3.48. The van der Waals surface area contributed by atoms with Gasteiger partial charge >= 0.3 is 0 Å². The Labute approximate surface area is 310 Å². The molecule has 0 saturated carbocycles. The van der Waals surface area contributed by atoms with E-state index in [1.54, 1.807) is 5.57 Å². The van der Waals surface area contributed by atoms with Crippen LogP contribution in [0.1, 0.15) is 67.3 Å². The average molecular weight is 674 g/mol. The summed E-state index contributed by atoms with van der Waals surface area (Å²) in [6.07, 6.45) is 11.5. The lowest BCUT2D eigenvalue weighted by Crippen LogP contribution is -2.25. The summed E-state index contributed by atoms with van der Waals surface area (Å²) < 4.78 is 0. The summed E-state index contributed by atoms with van der Waals surface area (Å²) >= 11 is 0. The predicted molar refractivity (Wildman–Crippen MR) is 223 cm³/mol. The number of anilines is 3. The molecule has 0 aliphatic heterocycles. The van der Waals surface area contributed by atoms with Crippen molar-refractivity contribution in [1.82, 2.24) is 0 Å². The molecule has 0 fully saturated rings. The van der Waals surface area contributed by atoms with E-state index >= 15 is 0 Å². The topological polar surface area (TPSA) is 3.24 Å². The van der Waals surface area contributed by atoms with E-state index in [0.29, 0.717) is 0 Å². The van der Waals surface area contributed by atoms with Crippen LogP contribution in [0.4, 0.5) is 17.1 Å². The lowest BCUT2D eigenvalue weighted by Gasteiger charge is -2.33. The Morgan fingerprint density at radius 3 is 1.69 bits per heavy atom. The second-order valence-electron chi connectivity index (χ2n) is 14.4. The number of benzene rings is 6. The molecule has 0 spiro atoms. The van der Waals surface area contributed by atoms with Gasteiger partial charge in [-0.2, -0.15) is 0 Å². The number of fused-ring (bicyclic) bond motifs is 2. The first kappa shape index (κ1) is 33.5. The zero-order valence-electron chi connectivity index (χ0n) is 30.9. The van der Waals surface area contributed by atoms with E-state index in [1.807, 2.05) is 0 Å². The molecule has 0 atom stereocenters. The molecule has 0 aromatic heterocycles. The van der Waals surface area contributed by atoms with Gasteiger partial charge in [0.25, 0.3) is 0 Å². The summed E-state index contributed by atoms with van der Waals surface area (Å²) in [5.74, 6) is 0. The lowest BCUT2D eigenvalue weighted by molar-refractivity contribution is 0.485. The van der Waals surface area contributed by atoms with Crippen LogP contribution < -0.4 is 4.90 Å². The van der Waals surface area contributed by atoms with Crippen molar-refractivity contribution in [2.24, 2.45) is 0 Å². The third kappa shape index (κ3) is 5.95. The molecule has 0 N–H and O–H groups in total. The Balaban J connectivity index is 1.10. The van der Waals surface area contributed by atoms with Gasteiger partial charge in [0, 0.05) is 22.5 Å². The smallest absolute Gasteiger partial charge is 0.0465 e. The Morgan fingerprint density at radius 1 is 0.558 bits per heavy atom. The maximum absolute atomic E-state index is 2.53. The summed E-state index contributed by atoms with van der Waals surface area (Å²) in [4.78, 5) is 2.39. The van der Waals surface area contributed by atoms with Gasteiger partial charge in [-0.05, 0) is 143 Å². The molecular weight excluding hydrogens is 627 g/mol. The first-order valence-corrected chi connectivity index (χ1v) is 18.9. The molecule has 2 aliphatic carbocycles. The second kappa shape index (κ2) is 14.2. The quantitative estimate of drug-likeness (QED) is 0.148. The number of aryl methyl sites for hydroxylation is 2. The van der Waals surface area contributed by atoms with Crippen molar-refractivity contribution in [2.75, 3.05) is 4.90 Å². The molecule has 52 heavy (non-hydrogen) atoms. The van der Waals surface area contributed by atoms with Crippen LogP contribution in [-0.4, -0.2) is 0 Å². The predicted octanol–water partition coefficient (Wildman–Crippen LogP) is 14.4. The molecule has 0 radical (unpaired) electrons. The van der Waals surface area contributed by atoms with E-state index in [2.05, 4.69) is 196 Å². The first-order valence-electron chi connectivity index (χ1n) is 18.9. The molecule has 256 valence electrons. The normalized spacial score (nSPS) is 14.7. The van der Waals surface area contributed by atoms with Gasteiger partial charge in [-0.25, -0.2) is 0 Å². The van der Waals surface area contributed by atoms with Gasteiger partial charge in [-0.3, -0.25) is 0 Å². The molecule has 0 saturated heterocycles. The maximum atomic E-state index is 2.53. The Kier molecular flexibility index (Phi) is 9.12. The van der Waals surface area contributed by atoms with Gasteiger partial charge in [-0.15, -0.1) is 0 Å². The van der Waals surface area contributed by atoms with Crippen LogP contribution in [0.3, 0.4) is 0 Å². The number of allylic oxidation sites excluding steroid dienone is 5. The standard InChI is InChI=1S/C51H47N/c1-5-51(6-2)47-34-39(25-24-38-26-29-41(30-27-38)50-37(4)23-22-36(3)49(50)40-16-10-7-11-17-40)28-32-45(47)46-33-31-44(35-48(46)51)52(42-18-12-8-13-19-42)43-20-14-9-15-21-43/h7-27,29-31,33-35H,5-6,28,32H2,1-4H3/b25-24+.